The molecule has 0 bridgehead atoms. The maximum Gasteiger partial charge on any atom is 0.143 e. The Hall–Kier alpha value is -3.27. The van der Waals surface area contributed by atoms with Gasteiger partial charge in [0.1, 0.15) is 30.1 Å². The summed E-state index contributed by atoms with van der Waals surface area (Å²) in [5.41, 5.74) is 4.02. The third-order valence-electron chi connectivity index (χ3n) is 7.84. The molecule has 4 aromatic rings. The molecule has 2 fully saturated rings. The maximum atomic E-state index is 5.92. The number of hydrogen-bond acceptors (Lipinski definition) is 8. The summed E-state index contributed by atoms with van der Waals surface area (Å²) in [4.78, 5) is 21.9. The topological polar surface area (TPSA) is 91.4 Å². The van der Waals surface area contributed by atoms with Crippen molar-refractivity contribution in [1.29, 1.82) is 0 Å². The van der Waals surface area contributed by atoms with E-state index in [1.165, 1.54) is 12.8 Å². The normalized spacial score (nSPS) is 20.8. The Bertz CT molecular complexity index is 1370. The Morgan fingerprint density at radius 3 is 2.71 bits per heavy atom. The van der Waals surface area contributed by atoms with Crippen LogP contribution in [-0.4, -0.2) is 95.4 Å². The average molecular weight is 516 g/mol. The van der Waals surface area contributed by atoms with Gasteiger partial charge in [0.2, 0.25) is 0 Å². The van der Waals surface area contributed by atoms with Crippen LogP contribution >= 0.6 is 0 Å². The van der Waals surface area contributed by atoms with Crippen LogP contribution < -0.4 is 10.1 Å². The average Bonchev–Trinajstić information content (AvgIpc) is 3.33. The lowest BCUT2D eigenvalue weighted by molar-refractivity contribution is 0.00791. The zero-order valence-electron chi connectivity index (χ0n) is 22.3. The molecular formula is C29H37N7O2. The van der Waals surface area contributed by atoms with Crippen LogP contribution in [0, 0.1) is 0 Å². The lowest BCUT2D eigenvalue weighted by Gasteiger charge is -2.39. The first-order valence-corrected chi connectivity index (χ1v) is 13.7. The van der Waals surface area contributed by atoms with Crippen LogP contribution in [0.2, 0.25) is 0 Å². The minimum Gasteiger partial charge on any atom is -0.491 e. The van der Waals surface area contributed by atoms with Gasteiger partial charge in [-0.1, -0.05) is 6.07 Å². The van der Waals surface area contributed by atoms with E-state index in [0.717, 1.165) is 90.3 Å². The number of rotatable bonds is 8. The molecule has 0 atom stereocenters. The third kappa shape index (κ3) is 5.45. The summed E-state index contributed by atoms with van der Waals surface area (Å²) >= 11 is 0. The van der Waals surface area contributed by atoms with E-state index < -0.39 is 0 Å². The largest absolute Gasteiger partial charge is 0.491 e. The van der Waals surface area contributed by atoms with E-state index in [1.54, 1.807) is 12.5 Å². The summed E-state index contributed by atoms with van der Waals surface area (Å²) in [6, 6.07) is 9.59. The zero-order chi connectivity index (χ0) is 25.9. The van der Waals surface area contributed by atoms with E-state index >= 15 is 0 Å². The molecule has 9 heteroatoms. The van der Waals surface area contributed by atoms with Gasteiger partial charge in [0.25, 0.3) is 0 Å². The van der Waals surface area contributed by atoms with E-state index in [0.29, 0.717) is 18.7 Å². The van der Waals surface area contributed by atoms with Crippen molar-refractivity contribution in [3.63, 3.8) is 0 Å². The smallest absolute Gasteiger partial charge is 0.143 e. The number of aromatic amines is 1. The molecule has 1 saturated carbocycles. The van der Waals surface area contributed by atoms with Gasteiger partial charge in [-0.15, -0.1) is 0 Å². The Balaban J connectivity index is 1.22. The molecule has 1 aliphatic carbocycles. The molecule has 0 spiro atoms. The van der Waals surface area contributed by atoms with E-state index in [-0.39, 0.29) is 0 Å². The molecule has 0 amide bonds. The molecule has 2 N–H and O–H groups in total. The summed E-state index contributed by atoms with van der Waals surface area (Å²) in [7, 11) is 4.08. The number of likely N-dealkylation sites (N-methyl/N-ethyl adjacent to an activating group) is 1. The minimum absolute atomic E-state index is 0.415. The second kappa shape index (κ2) is 11.2. The van der Waals surface area contributed by atoms with Crippen LogP contribution in [0.15, 0.2) is 43.0 Å². The maximum absolute atomic E-state index is 5.92. The van der Waals surface area contributed by atoms with Gasteiger partial charge in [-0.3, -0.25) is 9.88 Å². The highest BCUT2D eigenvalue weighted by atomic mass is 16.5. The number of morpholine rings is 1. The van der Waals surface area contributed by atoms with Crippen molar-refractivity contribution < 1.29 is 9.47 Å². The van der Waals surface area contributed by atoms with Crippen LogP contribution in [0.25, 0.3) is 33.1 Å². The first-order valence-electron chi connectivity index (χ1n) is 13.7. The number of anilines is 1. The van der Waals surface area contributed by atoms with Crippen LogP contribution in [0.4, 0.5) is 5.82 Å². The molecule has 9 nitrogen and oxygen atoms in total. The summed E-state index contributed by atoms with van der Waals surface area (Å²) in [6.45, 7) is 5.34. The van der Waals surface area contributed by atoms with Crippen LogP contribution in [0.3, 0.4) is 0 Å². The van der Waals surface area contributed by atoms with E-state index in [9.17, 15) is 0 Å². The zero-order valence-corrected chi connectivity index (χ0v) is 22.3. The van der Waals surface area contributed by atoms with Gasteiger partial charge >= 0.3 is 0 Å². The fourth-order valence-electron chi connectivity index (χ4n) is 5.74. The van der Waals surface area contributed by atoms with Gasteiger partial charge in [0, 0.05) is 54.4 Å². The predicted molar refractivity (Wildman–Crippen MR) is 151 cm³/mol. The van der Waals surface area contributed by atoms with Crippen molar-refractivity contribution in [2.45, 2.75) is 37.8 Å². The second-order valence-electron chi connectivity index (χ2n) is 10.7. The van der Waals surface area contributed by atoms with Crippen LogP contribution in [0.1, 0.15) is 25.7 Å². The lowest BCUT2D eigenvalue weighted by atomic mass is 9.90. The Kier molecular flexibility index (Phi) is 7.40. The molecule has 1 saturated heterocycles. The number of fused-ring (bicyclic) bond motifs is 3. The second-order valence-corrected chi connectivity index (χ2v) is 10.7. The standard InChI is InChI=1S/C29H37N7O2/c1-35(2)9-14-38-24-15-21(17-30-18-24)20-3-8-26-25(16-20)27-28(31-19-32-29(27)34-26)33-22-4-6-23(7-5-22)36-10-12-37-13-11-36/h3,8,15-19,22-23H,4-7,9-14H2,1-2H3,(H2,31,32,33,34). The number of benzene rings is 1. The molecule has 1 aromatic carbocycles. The highest BCUT2D eigenvalue weighted by Crippen LogP contribution is 2.34. The predicted octanol–water partition coefficient (Wildman–Crippen LogP) is 4.17. The van der Waals surface area contributed by atoms with Gasteiger partial charge in [0.05, 0.1) is 24.8 Å². The highest BCUT2D eigenvalue weighted by molar-refractivity contribution is 6.12. The van der Waals surface area contributed by atoms with Gasteiger partial charge in [-0.2, -0.15) is 0 Å². The van der Waals surface area contributed by atoms with Gasteiger partial charge in [-0.05, 0) is 63.5 Å². The van der Waals surface area contributed by atoms with Gasteiger partial charge in [0.15, 0.2) is 0 Å². The van der Waals surface area contributed by atoms with Crippen molar-refractivity contribution >= 4 is 27.8 Å². The molecular weight excluding hydrogens is 478 g/mol. The molecule has 6 rings (SSSR count). The number of nitrogens with zero attached hydrogens (tertiary/aromatic N) is 5. The fourth-order valence-corrected chi connectivity index (χ4v) is 5.74. The SMILES string of the molecule is CN(C)CCOc1cncc(-c2ccc3[nH]c4ncnc(NC5CCC(N6CCOCC6)CC5)c4c3c2)c1. The molecule has 38 heavy (non-hydrogen) atoms. The highest BCUT2D eigenvalue weighted by Gasteiger charge is 2.27. The number of ether oxygens (including phenoxy) is 2. The molecule has 3 aromatic heterocycles. The summed E-state index contributed by atoms with van der Waals surface area (Å²) in [5, 5.41) is 5.94. The number of pyridine rings is 1. The molecule has 2 aliphatic rings. The first-order chi connectivity index (χ1) is 18.6. The third-order valence-corrected chi connectivity index (χ3v) is 7.84. The molecule has 0 unspecified atom stereocenters. The Morgan fingerprint density at radius 2 is 1.89 bits per heavy atom. The van der Waals surface area contributed by atoms with Gasteiger partial charge in [-0.25, -0.2) is 9.97 Å². The quantitative estimate of drug-likeness (QED) is 0.361. The molecule has 200 valence electrons. The molecule has 1 aliphatic heterocycles. The molecule has 4 heterocycles. The Morgan fingerprint density at radius 1 is 1.05 bits per heavy atom. The number of nitrogens with one attached hydrogen (secondary N) is 2. The summed E-state index contributed by atoms with van der Waals surface area (Å²) in [5.74, 6) is 1.69. The van der Waals surface area contributed by atoms with E-state index in [2.05, 4.69) is 54.3 Å². The number of hydrogen-bond donors (Lipinski definition) is 2. The summed E-state index contributed by atoms with van der Waals surface area (Å²) < 4.78 is 11.5. The van der Waals surface area contributed by atoms with Crippen LogP contribution in [-0.2, 0) is 4.74 Å². The van der Waals surface area contributed by atoms with Gasteiger partial charge < -0.3 is 24.7 Å². The first kappa shape index (κ1) is 25.0. The van der Waals surface area contributed by atoms with Crippen molar-refractivity contribution in [2.75, 3.05) is 58.9 Å². The van der Waals surface area contributed by atoms with Crippen molar-refractivity contribution in [3.8, 4) is 16.9 Å². The summed E-state index contributed by atoms with van der Waals surface area (Å²) in [6.07, 6.45) is 10.0. The minimum atomic E-state index is 0.415. The van der Waals surface area contributed by atoms with E-state index in [1.807, 2.05) is 20.3 Å². The van der Waals surface area contributed by atoms with E-state index in [4.69, 9.17) is 14.5 Å². The number of H-pyrrole nitrogens is 1. The Labute approximate surface area is 223 Å². The van der Waals surface area contributed by atoms with Crippen molar-refractivity contribution in [1.82, 2.24) is 29.7 Å². The molecule has 0 radical (unpaired) electrons. The number of aromatic nitrogens is 4. The van der Waals surface area contributed by atoms with Crippen molar-refractivity contribution in [3.05, 3.63) is 43.0 Å². The monoisotopic (exact) mass is 515 g/mol. The van der Waals surface area contributed by atoms with Crippen LogP contribution in [0.5, 0.6) is 5.75 Å². The van der Waals surface area contributed by atoms with Crippen molar-refractivity contribution in [2.24, 2.45) is 0 Å². The lowest BCUT2D eigenvalue weighted by Crippen LogP contribution is -2.46. The fraction of sp³-hybridized carbons (Fsp3) is 0.483.